The maximum atomic E-state index is 5.61. The number of hydrogen-bond donors (Lipinski definition) is 0. The molecule has 1 aromatic heterocycles. The minimum Gasteiger partial charge on any atom is -0.491 e. The first-order valence-electron chi connectivity index (χ1n) is 4.88. The predicted molar refractivity (Wildman–Crippen MR) is 65.2 cm³/mol. The van der Waals surface area contributed by atoms with Gasteiger partial charge in [-0.1, -0.05) is 15.9 Å². The third kappa shape index (κ3) is 2.29. The van der Waals surface area contributed by atoms with Crippen LogP contribution in [0, 0.1) is 0 Å². The zero-order valence-electron chi connectivity index (χ0n) is 8.70. The van der Waals surface area contributed by atoms with E-state index in [1.54, 1.807) is 6.20 Å². The van der Waals surface area contributed by atoms with Crippen molar-refractivity contribution in [2.75, 3.05) is 0 Å². The molecule has 15 heavy (non-hydrogen) atoms. The normalized spacial score (nSPS) is 10.9. The minimum absolute atomic E-state index is 0.189. The molecule has 0 amide bonds. The topological polar surface area (TPSA) is 22.1 Å². The fourth-order valence-corrected chi connectivity index (χ4v) is 1.89. The molecular formula is C12H12BrNO. The van der Waals surface area contributed by atoms with Crippen LogP contribution in [0.15, 0.2) is 34.9 Å². The lowest BCUT2D eigenvalue weighted by Crippen LogP contribution is -2.05. The van der Waals surface area contributed by atoms with Crippen molar-refractivity contribution in [1.82, 2.24) is 4.98 Å². The first-order chi connectivity index (χ1) is 7.16. The third-order valence-corrected chi connectivity index (χ3v) is 2.72. The van der Waals surface area contributed by atoms with E-state index >= 15 is 0 Å². The predicted octanol–water partition coefficient (Wildman–Crippen LogP) is 3.78. The highest BCUT2D eigenvalue weighted by Crippen LogP contribution is 2.25. The van der Waals surface area contributed by atoms with Gasteiger partial charge in [0.25, 0.3) is 0 Å². The van der Waals surface area contributed by atoms with Gasteiger partial charge in [0.2, 0.25) is 0 Å². The number of benzene rings is 1. The van der Waals surface area contributed by atoms with Crippen molar-refractivity contribution >= 4 is 26.8 Å². The molecule has 3 heteroatoms. The minimum atomic E-state index is 0.189. The number of rotatable bonds is 2. The Labute approximate surface area is 97.4 Å². The van der Waals surface area contributed by atoms with Gasteiger partial charge in [0, 0.05) is 22.1 Å². The molecule has 0 spiro atoms. The van der Waals surface area contributed by atoms with E-state index in [1.165, 1.54) is 0 Å². The van der Waals surface area contributed by atoms with Gasteiger partial charge in [0.15, 0.2) is 0 Å². The summed E-state index contributed by atoms with van der Waals surface area (Å²) in [5, 5.41) is 1.11. The van der Waals surface area contributed by atoms with E-state index in [9.17, 15) is 0 Å². The number of hydrogen-bond acceptors (Lipinski definition) is 2. The molecule has 2 aromatic rings. The lowest BCUT2D eigenvalue weighted by atomic mass is 10.2. The molecule has 1 aromatic carbocycles. The number of fused-ring (bicyclic) bond motifs is 1. The van der Waals surface area contributed by atoms with Crippen molar-refractivity contribution in [2.24, 2.45) is 0 Å². The molecule has 0 aliphatic carbocycles. The standard InChI is InChI=1S/C12H12BrNO/c1-8(2)15-9-3-4-10-11(13)5-6-14-12(10)7-9/h3-8H,1-2H3. The van der Waals surface area contributed by atoms with Gasteiger partial charge in [0.05, 0.1) is 11.6 Å². The number of aromatic nitrogens is 1. The van der Waals surface area contributed by atoms with Gasteiger partial charge >= 0.3 is 0 Å². The second kappa shape index (κ2) is 4.19. The molecule has 0 fully saturated rings. The van der Waals surface area contributed by atoms with E-state index in [4.69, 9.17) is 4.74 Å². The maximum absolute atomic E-state index is 5.61. The largest absolute Gasteiger partial charge is 0.491 e. The molecule has 2 nitrogen and oxygen atoms in total. The van der Waals surface area contributed by atoms with Gasteiger partial charge in [0.1, 0.15) is 5.75 Å². The van der Waals surface area contributed by atoms with E-state index < -0.39 is 0 Å². The molecule has 0 radical (unpaired) electrons. The third-order valence-electron chi connectivity index (χ3n) is 2.03. The Hall–Kier alpha value is -1.09. The smallest absolute Gasteiger partial charge is 0.121 e. The quantitative estimate of drug-likeness (QED) is 0.825. The summed E-state index contributed by atoms with van der Waals surface area (Å²) in [7, 11) is 0. The Bertz CT molecular complexity index is 482. The number of halogens is 1. The average Bonchev–Trinajstić information content (AvgIpc) is 2.17. The molecule has 0 aliphatic rings. The summed E-state index contributed by atoms with van der Waals surface area (Å²) in [5.41, 5.74) is 0.947. The second-order valence-corrected chi connectivity index (χ2v) is 4.49. The molecule has 0 N–H and O–H groups in total. The van der Waals surface area contributed by atoms with Gasteiger partial charge in [-0.25, -0.2) is 0 Å². The zero-order valence-corrected chi connectivity index (χ0v) is 10.3. The van der Waals surface area contributed by atoms with Crippen molar-refractivity contribution < 1.29 is 4.74 Å². The first-order valence-corrected chi connectivity index (χ1v) is 5.67. The number of pyridine rings is 1. The first kappa shape index (κ1) is 10.4. The molecule has 0 aliphatic heterocycles. The molecule has 2 rings (SSSR count). The van der Waals surface area contributed by atoms with Crippen LogP contribution < -0.4 is 4.74 Å². The van der Waals surface area contributed by atoms with Gasteiger partial charge < -0.3 is 4.74 Å². The molecule has 1 heterocycles. The van der Waals surface area contributed by atoms with Gasteiger partial charge in [-0.2, -0.15) is 0 Å². The zero-order chi connectivity index (χ0) is 10.8. The SMILES string of the molecule is CC(C)Oc1ccc2c(Br)ccnc2c1. The highest BCUT2D eigenvalue weighted by molar-refractivity contribution is 9.10. The van der Waals surface area contributed by atoms with Crippen LogP contribution in [0.25, 0.3) is 10.9 Å². The molecule has 78 valence electrons. The summed E-state index contributed by atoms with van der Waals surface area (Å²) in [6.07, 6.45) is 1.97. The van der Waals surface area contributed by atoms with Crippen LogP contribution in [-0.4, -0.2) is 11.1 Å². The van der Waals surface area contributed by atoms with Crippen LogP contribution >= 0.6 is 15.9 Å². The molecule has 0 atom stereocenters. The van der Waals surface area contributed by atoms with Crippen LogP contribution in [0.5, 0.6) is 5.75 Å². The molecular weight excluding hydrogens is 254 g/mol. The van der Waals surface area contributed by atoms with Gasteiger partial charge in [-0.15, -0.1) is 0 Å². The van der Waals surface area contributed by atoms with Crippen molar-refractivity contribution in [1.29, 1.82) is 0 Å². The van der Waals surface area contributed by atoms with Gasteiger partial charge in [-0.05, 0) is 32.0 Å². The van der Waals surface area contributed by atoms with E-state index in [0.29, 0.717) is 0 Å². The Morgan fingerprint density at radius 3 is 2.80 bits per heavy atom. The van der Waals surface area contributed by atoms with Crippen LogP contribution in [0.1, 0.15) is 13.8 Å². The highest BCUT2D eigenvalue weighted by atomic mass is 79.9. The lowest BCUT2D eigenvalue weighted by molar-refractivity contribution is 0.242. The van der Waals surface area contributed by atoms with Gasteiger partial charge in [-0.3, -0.25) is 4.98 Å². The van der Waals surface area contributed by atoms with Crippen molar-refractivity contribution in [2.45, 2.75) is 20.0 Å². The van der Waals surface area contributed by atoms with Crippen LogP contribution in [0.3, 0.4) is 0 Å². The number of ether oxygens (including phenoxy) is 1. The fourth-order valence-electron chi connectivity index (χ4n) is 1.44. The van der Waals surface area contributed by atoms with Crippen LogP contribution in [0.4, 0.5) is 0 Å². The average molecular weight is 266 g/mol. The van der Waals surface area contributed by atoms with E-state index in [0.717, 1.165) is 21.1 Å². The second-order valence-electron chi connectivity index (χ2n) is 3.64. The lowest BCUT2D eigenvalue weighted by Gasteiger charge is -2.10. The Morgan fingerprint density at radius 2 is 2.07 bits per heavy atom. The maximum Gasteiger partial charge on any atom is 0.121 e. The summed E-state index contributed by atoms with van der Waals surface area (Å²) < 4.78 is 6.67. The van der Waals surface area contributed by atoms with E-state index in [2.05, 4.69) is 20.9 Å². The van der Waals surface area contributed by atoms with Crippen LogP contribution in [0.2, 0.25) is 0 Å². The Kier molecular flexibility index (Phi) is 2.91. The summed E-state index contributed by atoms with van der Waals surface area (Å²) in [5.74, 6) is 0.864. The Balaban J connectivity index is 2.48. The van der Waals surface area contributed by atoms with Crippen molar-refractivity contribution in [3.8, 4) is 5.75 Å². The van der Waals surface area contributed by atoms with Crippen LogP contribution in [-0.2, 0) is 0 Å². The molecule has 0 saturated carbocycles. The van der Waals surface area contributed by atoms with Crippen molar-refractivity contribution in [3.63, 3.8) is 0 Å². The highest BCUT2D eigenvalue weighted by Gasteiger charge is 2.02. The molecule has 0 saturated heterocycles. The monoisotopic (exact) mass is 265 g/mol. The number of nitrogens with zero attached hydrogens (tertiary/aromatic N) is 1. The van der Waals surface area contributed by atoms with Crippen molar-refractivity contribution in [3.05, 3.63) is 34.9 Å². The summed E-state index contributed by atoms with van der Waals surface area (Å²) in [4.78, 5) is 4.30. The Morgan fingerprint density at radius 1 is 1.27 bits per heavy atom. The summed E-state index contributed by atoms with van der Waals surface area (Å²) in [6.45, 7) is 4.02. The summed E-state index contributed by atoms with van der Waals surface area (Å²) >= 11 is 3.49. The summed E-state index contributed by atoms with van der Waals surface area (Å²) in [6, 6.07) is 7.88. The van der Waals surface area contributed by atoms with E-state index in [1.807, 2.05) is 38.1 Å². The fraction of sp³-hybridized carbons (Fsp3) is 0.250. The molecule has 0 bridgehead atoms. The van der Waals surface area contributed by atoms with E-state index in [-0.39, 0.29) is 6.10 Å². The molecule has 0 unspecified atom stereocenters.